The molecule has 0 saturated carbocycles. The van der Waals surface area contributed by atoms with Crippen LogP contribution < -0.4 is 0 Å². The second-order valence-electron chi connectivity index (χ2n) is 1.96. The van der Waals surface area contributed by atoms with Crippen molar-refractivity contribution in [2.24, 2.45) is 0 Å². The van der Waals surface area contributed by atoms with E-state index in [1.54, 1.807) is 0 Å². The summed E-state index contributed by atoms with van der Waals surface area (Å²) in [6.07, 6.45) is 17.3. The van der Waals surface area contributed by atoms with Crippen LogP contribution in [0.15, 0.2) is 36.5 Å². The summed E-state index contributed by atoms with van der Waals surface area (Å²) in [6.45, 7) is 7.71. The molecular formula is C12H18Ru. The average Bonchev–Trinajstić information content (AvgIpc) is 2.12. The zero-order valence-electron chi connectivity index (χ0n) is 8.82. The summed E-state index contributed by atoms with van der Waals surface area (Å²) in [5.41, 5.74) is 0. The van der Waals surface area contributed by atoms with Crippen LogP contribution in [0.4, 0.5) is 0 Å². The van der Waals surface area contributed by atoms with E-state index >= 15 is 0 Å². The molecule has 0 aromatic heterocycles. The maximum atomic E-state index is 2.86. The van der Waals surface area contributed by atoms with Crippen molar-refractivity contribution in [3.05, 3.63) is 48.6 Å². The Kier molecular flexibility index (Phi) is 31.9. The van der Waals surface area contributed by atoms with Crippen LogP contribution >= 0.6 is 0 Å². The van der Waals surface area contributed by atoms with Crippen LogP contribution in [0.2, 0.25) is 0 Å². The monoisotopic (exact) mass is 264 g/mol. The van der Waals surface area contributed by atoms with E-state index in [1.165, 1.54) is 0 Å². The van der Waals surface area contributed by atoms with Crippen LogP contribution in [0, 0.1) is 12.2 Å². The summed E-state index contributed by atoms with van der Waals surface area (Å²) in [6, 6.07) is 0. The molecule has 0 aromatic carbocycles. The Morgan fingerprint density at radius 1 is 0.769 bits per heavy atom. The molecular weight excluding hydrogens is 245 g/mol. The normalized spacial score (nSPS) is 10.8. The summed E-state index contributed by atoms with van der Waals surface area (Å²) in [5.74, 6) is 0. The molecule has 0 amide bonds. The van der Waals surface area contributed by atoms with Crippen molar-refractivity contribution in [3.8, 4) is 0 Å². The Morgan fingerprint density at radius 2 is 1.08 bits per heavy atom. The smallest absolute Gasteiger partial charge is 0.279 e. The van der Waals surface area contributed by atoms with Crippen molar-refractivity contribution >= 4 is 0 Å². The van der Waals surface area contributed by atoms with Crippen LogP contribution in [0.5, 0.6) is 0 Å². The predicted octanol–water partition coefficient (Wildman–Crippen LogP) is 3.88. The van der Waals surface area contributed by atoms with E-state index in [1.807, 2.05) is 64.2 Å². The molecule has 0 nitrogen and oxygen atoms in total. The average molecular weight is 263 g/mol. The van der Waals surface area contributed by atoms with Gasteiger partial charge in [0.15, 0.2) is 0 Å². The minimum absolute atomic E-state index is 0. The summed E-state index contributed by atoms with van der Waals surface area (Å²) in [4.78, 5) is 0. The Morgan fingerprint density at radius 3 is 1.15 bits per heavy atom. The zero-order chi connectivity index (χ0) is 9.66. The molecule has 1 heteroatoms. The molecule has 0 bridgehead atoms. The van der Waals surface area contributed by atoms with Crippen LogP contribution in [0.3, 0.4) is 0 Å². The van der Waals surface area contributed by atoms with Crippen molar-refractivity contribution < 1.29 is 19.5 Å². The van der Waals surface area contributed by atoms with E-state index in [9.17, 15) is 0 Å². The van der Waals surface area contributed by atoms with Crippen LogP contribution in [0.25, 0.3) is 0 Å². The standard InChI is InChI=1S/2C6H9.Ru/c2*1-3-5-6-4-2;/h2*3,5-6H,1-2H3;/q2*-1;+2. The molecule has 0 aliphatic heterocycles. The molecule has 0 spiro atoms. The van der Waals surface area contributed by atoms with Gasteiger partial charge in [-0.3, -0.25) is 12.2 Å². The molecule has 0 N–H and O–H groups in total. The number of allylic oxidation sites excluding steroid dienone is 8. The molecule has 0 rings (SSSR count). The van der Waals surface area contributed by atoms with Gasteiger partial charge in [0.05, 0.1) is 0 Å². The van der Waals surface area contributed by atoms with Gasteiger partial charge in [-0.25, -0.2) is 24.3 Å². The molecule has 13 heavy (non-hydrogen) atoms. The van der Waals surface area contributed by atoms with Crippen molar-refractivity contribution in [2.75, 3.05) is 0 Å². The van der Waals surface area contributed by atoms with Crippen molar-refractivity contribution in [1.82, 2.24) is 0 Å². The van der Waals surface area contributed by atoms with Crippen molar-refractivity contribution in [3.63, 3.8) is 0 Å². The van der Waals surface area contributed by atoms with Gasteiger partial charge >= 0.3 is 19.5 Å². The fraction of sp³-hybridized carbons (Fsp3) is 0.333. The second kappa shape index (κ2) is 22.6. The maximum Gasteiger partial charge on any atom is 2.00 e. The van der Waals surface area contributed by atoms with Crippen molar-refractivity contribution in [1.29, 1.82) is 0 Å². The summed E-state index contributed by atoms with van der Waals surface area (Å²) in [7, 11) is 0. The van der Waals surface area contributed by atoms with E-state index in [0.29, 0.717) is 0 Å². The molecule has 0 saturated heterocycles. The van der Waals surface area contributed by atoms with Gasteiger partial charge in [-0.15, -0.1) is 13.8 Å². The number of hydrogen-bond acceptors (Lipinski definition) is 0. The summed E-state index contributed by atoms with van der Waals surface area (Å²) in [5, 5.41) is 0. The Bertz CT molecular complexity index is 122. The number of rotatable bonds is 2. The first-order chi connectivity index (χ1) is 5.83. The van der Waals surface area contributed by atoms with E-state index in [-0.39, 0.29) is 19.5 Å². The maximum absolute atomic E-state index is 2.86. The molecule has 74 valence electrons. The van der Waals surface area contributed by atoms with E-state index in [2.05, 4.69) is 12.2 Å². The first-order valence-electron chi connectivity index (χ1n) is 4.07. The molecule has 0 radical (unpaired) electrons. The van der Waals surface area contributed by atoms with Gasteiger partial charge in [0.2, 0.25) is 0 Å². The third-order valence-corrected chi connectivity index (χ3v) is 0.911. The van der Waals surface area contributed by atoms with Gasteiger partial charge in [-0.1, -0.05) is 13.8 Å². The first-order valence-corrected chi connectivity index (χ1v) is 4.07. The number of hydrogen-bond donors (Lipinski definition) is 0. The molecule has 0 aliphatic carbocycles. The second-order valence-corrected chi connectivity index (χ2v) is 1.96. The SMILES string of the molecule is C[C-]=CC=CC.C[C-]=CC=CC.[Ru+2]. The van der Waals surface area contributed by atoms with E-state index < -0.39 is 0 Å². The largest absolute Gasteiger partial charge is 2.00 e. The fourth-order valence-electron chi connectivity index (χ4n) is 0.385. The van der Waals surface area contributed by atoms with E-state index in [4.69, 9.17) is 0 Å². The third kappa shape index (κ3) is 34.1. The minimum atomic E-state index is 0. The van der Waals surface area contributed by atoms with Gasteiger partial charge in [-0.05, 0) is 0 Å². The molecule has 0 fully saturated rings. The Hall–Kier alpha value is -0.417. The van der Waals surface area contributed by atoms with Gasteiger partial charge in [0.1, 0.15) is 0 Å². The van der Waals surface area contributed by atoms with Crippen LogP contribution in [-0.2, 0) is 19.5 Å². The zero-order valence-corrected chi connectivity index (χ0v) is 10.6. The molecule has 0 heterocycles. The fourth-order valence-corrected chi connectivity index (χ4v) is 0.385. The Balaban J connectivity index is -0.000000143. The third-order valence-electron chi connectivity index (χ3n) is 0.911. The van der Waals surface area contributed by atoms with Crippen molar-refractivity contribution in [2.45, 2.75) is 27.7 Å². The van der Waals surface area contributed by atoms with Crippen LogP contribution in [0.1, 0.15) is 27.7 Å². The van der Waals surface area contributed by atoms with E-state index in [0.717, 1.165) is 0 Å². The summed E-state index contributed by atoms with van der Waals surface area (Å²) < 4.78 is 0. The molecule has 0 aliphatic rings. The predicted molar refractivity (Wildman–Crippen MR) is 56.6 cm³/mol. The summed E-state index contributed by atoms with van der Waals surface area (Å²) >= 11 is 0. The molecule has 0 atom stereocenters. The van der Waals surface area contributed by atoms with Gasteiger partial charge < -0.3 is 0 Å². The molecule has 0 aromatic rings. The van der Waals surface area contributed by atoms with Crippen LogP contribution in [-0.4, -0.2) is 0 Å². The minimum Gasteiger partial charge on any atom is -0.279 e. The quantitative estimate of drug-likeness (QED) is 0.403. The van der Waals surface area contributed by atoms with Gasteiger partial charge in [0, 0.05) is 0 Å². The first kappa shape index (κ1) is 18.4. The van der Waals surface area contributed by atoms with Gasteiger partial charge in [-0.2, -0.15) is 12.2 Å². The topological polar surface area (TPSA) is 0 Å². The van der Waals surface area contributed by atoms with Gasteiger partial charge in [0.25, 0.3) is 0 Å². The molecule has 0 unspecified atom stereocenters. The Labute approximate surface area is 95.9 Å².